The van der Waals surface area contributed by atoms with Crippen molar-refractivity contribution >= 4 is 0 Å². The molecule has 0 aromatic carbocycles. The maximum atomic E-state index is 5.88. The third-order valence-corrected chi connectivity index (χ3v) is 2.24. The van der Waals surface area contributed by atoms with Gasteiger partial charge in [-0.3, -0.25) is 0 Å². The molecule has 1 atom stereocenters. The fourth-order valence-corrected chi connectivity index (χ4v) is 1.40. The molecule has 17 heavy (non-hydrogen) atoms. The number of nitrogens with zero attached hydrogens (tertiary/aromatic N) is 1. The Morgan fingerprint density at radius 3 is 2.18 bits per heavy atom. The third kappa shape index (κ3) is 6.64. The molecule has 0 aromatic rings. The molecule has 0 aromatic heterocycles. The van der Waals surface area contributed by atoms with Crippen LogP contribution in [0.15, 0.2) is 48.9 Å². The third-order valence-electron chi connectivity index (χ3n) is 2.24. The molecule has 0 fully saturated rings. The molecule has 0 heterocycles. The summed E-state index contributed by atoms with van der Waals surface area (Å²) < 4.78 is 0. The minimum Gasteiger partial charge on any atom is -0.402 e. The minimum atomic E-state index is -0.0111. The van der Waals surface area contributed by atoms with E-state index in [4.69, 9.17) is 11.5 Å². The van der Waals surface area contributed by atoms with Crippen LogP contribution < -0.4 is 11.5 Å². The monoisotopic (exact) mass is 235 g/mol. The van der Waals surface area contributed by atoms with Crippen LogP contribution in [0, 0.1) is 0 Å². The number of nitrogens with two attached hydrogens (primary N) is 2. The van der Waals surface area contributed by atoms with Crippen molar-refractivity contribution in [2.75, 3.05) is 13.1 Å². The molecule has 1 unspecified atom stereocenters. The van der Waals surface area contributed by atoms with Crippen molar-refractivity contribution in [1.82, 2.24) is 4.90 Å². The Balaban J connectivity index is 5.11. The second-order valence-corrected chi connectivity index (χ2v) is 4.01. The predicted octanol–water partition coefficient (Wildman–Crippen LogP) is 2.14. The second-order valence-electron chi connectivity index (χ2n) is 4.01. The molecule has 96 valence electrons. The Labute approximate surface area is 105 Å². The summed E-state index contributed by atoms with van der Waals surface area (Å²) in [6.45, 7) is 13.0. The van der Waals surface area contributed by atoms with Crippen molar-refractivity contribution in [2.45, 2.75) is 26.3 Å². The molecule has 0 saturated heterocycles. The van der Waals surface area contributed by atoms with Gasteiger partial charge in [0.25, 0.3) is 0 Å². The average molecular weight is 235 g/mol. The van der Waals surface area contributed by atoms with Crippen LogP contribution in [0.5, 0.6) is 0 Å². The van der Waals surface area contributed by atoms with Crippen molar-refractivity contribution in [3.05, 3.63) is 48.9 Å². The van der Waals surface area contributed by atoms with Crippen molar-refractivity contribution in [2.24, 2.45) is 11.5 Å². The van der Waals surface area contributed by atoms with E-state index in [1.54, 1.807) is 0 Å². The van der Waals surface area contributed by atoms with Crippen LogP contribution in [0.4, 0.5) is 0 Å². The van der Waals surface area contributed by atoms with Gasteiger partial charge in [0, 0.05) is 30.5 Å². The summed E-state index contributed by atoms with van der Waals surface area (Å²) in [5, 5.41) is 0. The maximum Gasteiger partial charge on any atom is 0.0364 e. The first-order chi connectivity index (χ1) is 8.04. The van der Waals surface area contributed by atoms with Crippen LogP contribution in [0.25, 0.3) is 0 Å². The Morgan fingerprint density at radius 1 is 1.29 bits per heavy atom. The average Bonchev–Trinajstić information content (AvgIpc) is 2.27. The first kappa shape index (κ1) is 15.5. The highest BCUT2D eigenvalue weighted by atomic mass is 15.1. The van der Waals surface area contributed by atoms with Gasteiger partial charge in [-0.15, -0.1) is 13.2 Å². The predicted molar refractivity (Wildman–Crippen MR) is 76.3 cm³/mol. The van der Waals surface area contributed by atoms with E-state index in [0.29, 0.717) is 0 Å². The number of allylic oxidation sites excluding steroid dienone is 2. The summed E-state index contributed by atoms with van der Waals surface area (Å²) in [6, 6.07) is -0.0111. The van der Waals surface area contributed by atoms with Crippen molar-refractivity contribution in [3.8, 4) is 0 Å². The molecule has 3 nitrogen and oxygen atoms in total. The topological polar surface area (TPSA) is 55.3 Å². The zero-order chi connectivity index (χ0) is 13.3. The maximum absolute atomic E-state index is 5.88. The van der Waals surface area contributed by atoms with Crippen molar-refractivity contribution in [1.29, 1.82) is 0 Å². The van der Waals surface area contributed by atoms with Gasteiger partial charge in [-0.2, -0.15) is 0 Å². The van der Waals surface area contributed by atoms with Gasteiger partial charge >= 0.3 is 0 Å². The van der Waals surface area contributed by atoms with E-state index in [1.807, 2.05) is 38.2 Å². The fourth-order valence-electron chi connectivity index (χ4n) is 1.40. The summed E-state index contributed by atoms with van der Waals surface area (Å²) >= 11 is 0. The Morgan fingerprint density at radius 2 is 1.82 bits per heavy atom. The van der Waals surface area contributed by atoms with E-state index in [0.717, 1.165) is 30.9 Å². The first-order valence-electron chi connectivity index (χ1n) is 5.95. The summed E-state index contributed by atoms with van der Waals surface area (Å²) in [6.07, 6.45) is 8.50. The molecule has 0 amide bonds. The van der Waals surface area contributed by atoms with Crippen molar-refractivity contribution in [3.63, 3.8) is 0 Å². The second kappa shape index (κ2) is 8.65. The normalized spacial score (nSPS) is 14.3. The van der Waals surface area contributed by atoms with Gasteiger partial charge in [-0.05, 0) is 25.5 Å². The van der Waals surface area contributed by atoms with Gasteiger partial charge in [0.1, 0.15) is 0 Å². The van der Waals surface area contributed by atoms with E-state index in [1.165, 1.54) is 0 Å². The molecule has 0 aliphatic heterocycles. The molecule has 0 rings (SSSR count). The minimum absolute atomic E-state index is 0.0111. The van der Waals surface area contributed by atoms with E-state index < -0.39 is 0 Å². The van der Waals surface area contributed by atoms with Crippen molar-refractivity contribution < 1.29 is 0 Å². The van der Waals surface area contributed by atoms with E-state index in [-0.39, 0.29) is 6.04 Å². The summed E-state index contributed by atoms with van der Waals surface area (Å²) in [5.74, 6) is 0. The molecule has 4 N–H and O–H groups in total. The molecule has 0 aliphatic carbocycles. The lowest BCUT2D eigenvalue weighted by molar-refractivity contribution is 0.431. The fraction of sp³-hybridized carbons (Fsp3) is 0.429. The van der Waals surface area contributed by atoms with Crippen LogP contribution in [0.3, 0.4) is 0 Å². The lowest BCUT2D eigenvalue weighted by Crippen LogP contribution is -2.25. The molecule has 0 radical (unpaired) electrons. The van der Waals surface area contributed by atoms with Crippen LogP contribution in [0.2, 0.25) is 0 Å². The summed E-state index contributed by atoms with van der Waals surface area (Å²) in [5.41, 5.74) is 13.6. The summed E-state index contributed by atoms with van der Waals surface area (Å²) in [4.78, 5) is 2.13. The van der Waals surface area contributed by atoms with E-state index >= 15 is 0 Å². The SMILES string of the molecule is C=CCN(CC=C)C(/C=C(/N)CC)=C/C(C)N. The molecule has 0 aliphatic rings. The first-order valence-corrected chi connectivity index (χ1v) is 5.95. The zero-order valence-corrected chi connectivity index (χ0v) is 11.0. The number of hydrogen-bond acceptors (Lipinski definition) is 3. The number of rotatable bonds is 8. The van der Waals surface area contributed by atoms with Gasteiger partial charge in [-0.25, -0.2) is 0 Å². The Bertz CT molecular complexity index is 291. The summed E-state index contributed by atoms with van der Waals surface area (Å²) in [7, 11) is 0. The molecular weight excluding hydrogens is 210 g/mol. The molecule has 0 spiro atoms. The van der Waals surface area contributed by atoms with Crippen LogP contribution in [-0.2, 0) is 0 Å². The quantitative estimate of drug-likeness (QED) is 0.500. The lowest BCUT2D eigenvalue weighted by Gasteiger charge is -2.24. The largest absolute Gasteiger partial charge is 0.402 e. The van der Waals surface area contributed by atoms with Gasteiger partial charge in [0.05, 0.1) is 0 Å². The highest BCUT2D eigenvalue weighted by molar-refractivity contribution is 5.23. The van der Waals surface area contributed by atoms with Gasteiger partial charge in [-0.1, -0.05) is 19.1 Å². The molecule has 0 bridgehead atoms. The zero-order valence-electron chi connectivity index (χ0n) is 11.0. The molecule has 3 heteroatoms. The smallest absolute Gasteiger partial charge is 0.0364 e. The van der Waals surface area contributed by atoms with Crippen LogP contribution in [-0.4, -0.2) is 24.0 Å². The highest BCUT2D eigenvalue weighted by Gasteiger charge is 2.05. The van der Waals surface area contributed by atoms with Gasteiger partial charge in [0.2, 0.25) is 0 Å². The van der Waals surface area contributed by atoms with Gasteiger partial charge in [0.15, 0.2) is 0 Å². The van der Waals surface area contributed by atoms with Gasteiger partial charge < -0.3 is 16.4 Å². The standard InChI is InChI=1S/C14H25N3/c1-5-8-17(9-6-2)14(10-12(4)15)11-13(16)7-3/h5-6,10-12H,1-2,7-9,15-16H2,3-4H3/b13-11+,14-10+. The number of hydrogen-bond donors (Lipinski definition) is 2. The molecule has 0 saturated carbocycles. The van der Waals surface area contributed by atoms with Crippen LogP contribution in [0.1, 0.15) is 20.3 Å². The Hall–Kier alpha value is -1.48. The highest BCUT2D eigenvalue weighted by Crippen LogP contribution is 2.10. The lowest BCUT2D eigenvalue weighted by atomic mass is 10.2. The van der Waals surface area contributed by atoms with E-state index in [9.17, 15) is 0 Å². The van der Waals surface area contributed by atoms with E-state index in [2.05, 4.69) is 18.1 Å². The van der Waals surface area contributed by atoms with Crippen LogP contribution >= 0.6 is 0 Å². The Kier molecular flexibility index (Phi) is 7.89. The molecular formula is C14H25N3.